The number of hydrogen-bond donors (Lipinski definition) is 4. The zero-order chi connectivity index (χ0) is 21.6. The molecule has 0 unspecified atom stereocenters. The summed E-state index contributed by atoms with van der Waals surface area (Å²) < 4.78 is 5.95. The highest BCUT2D eigenvalue weighted by atomic mass is 16.3. The first kappa shape index (κ1) is 21.0. The van der Waals surface area contributed by atoms with E-state index >= 15 is 0 Å². The second kappa shape index (κ2) is 9.72. The van der Waals surface area contributed by atoms with Crippen molar-refractivity contribution in [1.29, 1.82) is 0 Å². The number of rotatable bonds is 8. The van der Waals surface area contributed by atoms with E-state index in [9.17, 15) is 9.59 Å². The quantitative estimate of drug-likeness (QED) is 0.436. The highest BCUT2D eigenvalue weighted by Crippen LogP contribution is 2.24. The fraction of sp³-hybridized carbons (Fsp3) is 0.348. The predicted octanol–water partition coefficient (Wildman–Crippen LogP) is 1.42. The molecule has 2 aromatic carbocycles. The summed E-state index contributed by atoms with van der Waals surface area (Å²) in [5.41, 5.74) is 8.00. The summed E-state index contributed by atoms with van der Waals surface area (Å²) in [6, 6.07) is 16.8. The second-order valence-electron chi connectivity index (χ2n) is 7.77. The molecule has 1 saturated heterocycles. The van der Waals surface area contributed by atoms with E-state index in [1.165, 1.54) is 5.56 Å². The molecule has 162 valence electrons. The first-order valence-electron chi connectivity index (χ1n) is 10.5. The van der Waals surface area contributed by atoms with Crippen LogP contribution >= 0.6 is 0 Å². The van der Waals surface area contributed by atoms with Gasteiger partial charge in [0.1, 0.15) is 11.6 Å². The van der Waals surface area contributed by atoms with E-state index in [0.717, 1.165) is 11.9 Å². The molecule has 0 bridgehead atoms. The predicted molar refractivity (Wildman–Crippen MR) is 117 cm³/mol. The van der Waals surface area contributed by atoms with Crippen molar-refractivity contribution in [1.82, 2.24) is 20.9 Å². The van der Waals surface area contributed by atoms with Crippen LogP contribution in [0.25, 0.3) is 11.1 Å². The summed E-state index contributed by atoms with van der Waals surface area (Å²) in [7, 11) is 0. The summed E-state index contributed by atoms with van der Waals surface area (Å²) >= 11 is 0. The number of amides is 2. The lowest BCUT2D eigenvalue weighted by Crippen LogP contribution is -2.42. The van der Waals surface area contributed by atoms with Gasteiger partial charge in [-0.05, 0) is 37.0 Å². The number of para-hydroxylation sites is 2. The van der Waals surface area contributed by atoms with Gasteiger partial charge in [-0.1, -0.05) is 42.5 Å². The molecule has 0 radical (unpaired) electrons. The Bertz CT molecular complexity index is 1000. The molecule has 5 N–H and O–H groups in total. The van der Waals surface area contributed by atoms with Crippen LogP contribution < -0.4 is 21.7 Å². The molecule has 8 nitrogen and oxygen atoms in total. The molecule has 1 aliphatic heterocycles. The third-order valence-electron chi connectivity index (χ3n) is 5.49. The average molecular weight is 422 g/mol. The Hall–Kier alpha value is -3.23. The highest BCUT2D eigenvalue weighted by molar-refractivity contribution is 5.83. The van der Waals surface area contributed by atoms with Crippen molar-refractivity contribution in [2.45, 2.75) is 37.4 Å². The molecular weight excluding hydrogens is 394 g/mol. The standard InChI is InChI=1S/C23H27N5O3/c24-13-21(29)26-16-12-19(25-14-16)22(30)27-18(11-10-15-6-2-1-3-7-15)23-28-17-8-4-5-9-20(17)31-23/h1-9,16,18-19,25H,10-14,24H2,(H,26,29)(H,27,30)/t16-,18-,19+/m1/s1. The largest absolute Gasteiger partial charge is 0.438 e. The van der Waals surface area contributed by atoms with Crippen LogP contribution in [0.3, 0.4) is 0 Å². The van der Waals surface area contributed by atoms with Crippen LogP contribution in [-0.4, -0.2) is 42.0 Å². The number of oxazole rings is 1. The molecule has 1 aromatic heterocycles. The van der Waals surface area contributed by atoms with Gasteiger partial charge in [-0.3, -0.25) is 9.59 Å². The van der Waals surface area contributed by atoms with Gasteiger partial charge in [-0.2, -0.15) is 0 Å². The van der Waals surface area contributed by atoms with Crippen LogP contribution in [0.2, 0.25) is 0 Å². The van der Waals surface area contributed by atoms with Gasteiger partial charge in [-0.15, -0.1) is 0 Å². The molecule has 1 aliphatic rings. The average Bonchev–Trinajstić information content (AvgIpc) is 3.44. The minimum absolute atomic E-state index is 0.0629. The van der Waals surface area contributed by atoms with Crippen molar-refractivity contribution in [2.75, 3.05) is 13.1 Å². The first-order chi connectivity index (χ1) is 15.1. The zero-order valence-corrected chi connectivity index (χ0v) is 17.2. The van der Waals surface area contributed by atoms with E-state index in [-0.39, 0.29) is 30.4 Å². The number of fused-ring (bicyclic) bond motifs is 1. The van der Waals surface area contributed by atoms with Crippen LogP contribution in [0.1, 0.15) is 30.3 Å². The van der Waals surface area contributed by atoms with E-state index in [4.69, 9.17) is 10.2 Å². The van der Waals surface area contributed by atoms with Gasteiger partial charge in [0, 0.05) is 12.6 Å². The molecule has 1 fully saturated rings. The third kappa shape index (κ3) is 5.28. The molecule has 0 aliphatic carbocycles. The van der Waals surface area contributed by atoms with Crippen LogP contribution in [0.5, 0.6) is 0 Å². The van der Waals surface area contributed by atoms with Gasteiger partial charge < -0.3 is 26.1 Å². The molecule has 3 aromatic rings. The number of nitrogens with two attached hydrogens (primary N) is 1. The maximum Gasteiger partial charge on any atom is 0.237 e. The monoisotopic (exact) mass is 421 g/mol. The topological polar surface area (TPSA) is 122 Å². The summed E-state index contributed by atoms with van der Waals surface area (Å²) in [4.78, 5) is 29.1. The third-order valence-corrected chi connectivity index (χ3v) is 5.49. The number of carbonyl (C=O) groups is 2. The van der Waals surface area contributed by atoms with Crippen molar-refractivity contribution in [3.8, 4) is 0 Å². The van der Waals surface area contributed by atoms with E-state index in [0.29, 0.717) is 30.9 Å². The number of hydrogen-bond acceptors (Lipinski definition) is 6. The SMILES string of the molecule is NCC(=O)N[C@H]1CN[C@H](C(=O)N[C@H](CCc2ccccc2)c2nc3ccccc3o2)C1. The summed E-state index contributed by atoms with van der Waals surface area (Å²) in [6.45, 7) is 0.466. The molecule has 3 atom stereocenters. The fourth-order valence-electron chi connectivity index (χ4n) is 3.86. The van der Waals surface area contributed by atoms with Crippen molar-refractivity contribution in [3.63, 3.8) is 0 Å². The Kier molecular flexibility index (Phi) is 6.59. The van der Waals surface area contributed by atoms with Crippen molar-refractivity contribution >= 4 is 22.9 Å². The molecule has 0 spiro atoms. The Morgan fingerprint density at radius 3 is 2.71 bits per heavy atom. The van der Waals surface area contributed by atoms with Crippen molar-refractivity contribution < 1.29 is 14.0 Å². The molecule has 0 saturated carbocycles. The van der Waals surface area contributed by atoms with Gasteiger partial charge in [0.15, 0.2) is 5.58 Å². The molecule has 2 heterocycles. The highest BCUT2D eigenvalue weighted by Gasteiger charge is 2.32. The van der Waals surface area contributed by atoms with Gasteiger partial charge in [0.2, 0.25) is 17.7 Å². The van der Waals surface area contributed by atoms with E-state index in [1.54, 1.807) is 0 Å². The lowest BCUT2D eigenvalue weighted by atomic mass is 10.0. The number of nitrogens with zero attached hydrogens (tertiary/aromatic N) is 1. The lowest BCUT2D eigenvalue weighted by molar-refractivity contribution is -0.124. The van der Waals surface area contributed by atoms with E-state index in [1.807, 2.05) is 42.5 Å². The second-order valence-corrected chi connectivity index (χ2v) is 7.77. The maximum absolute atomic E-state index is 13.0. The van der Waals surface area contributed by atoms with Crippen molar-refractivity contribution in [3.05, 3.63) is 66.1 Å². The summed E-state index contributed by atoms with van der Waals surface area (Å²) in [5.74, 6) is 0.140. The zero-order valence-electron chi connectivity index (χ0n) is 17.2. The molecule has 31 heavy (non-hydrogen) atoms. The Morgan fingerprint density at radius 1 is 1.16 bits per heavy atom. The van der Waals surface area contributed by atoms with E-state index < -0.39 is 6.04 Å². The minimum atomic E-state index is -0.397. The molecular formula is C23H27N5O3. The number of benzene rings is 2. The van der Waals surface area contributed by atoms with Crippen LogP contribution in [0.15, 0.2) is 59.0 Å². The minimum Gasteiger partial charge on any atom is -0.438 e. The Morgan fingerprint density at radius 2 is 1.94 bits per heavy atom. The number of aromatic nitrogens is 1. The van der Waals surface area contributed by atoms with Crippen LogP contribution in [0, 0.1) is 0 Å². The van der Waals surface area contributed by atoms with E-state index in [2.05, 4.69) is 33.1 Å². The fourth-order valence-corrected chi connectivity index (χ4v) is 3.86. The van der Waals surface area contributed by atoms with Gasteiger partial charge in [0.05, 0.1) is 12.6 Å². The normalized spacial score (nSPS) is 19.3. The van der Waals surface area contributed by atoms with Gasteiger partial charge >= 0.3 is 0 Å². The number of aryl methyl sites for hydroxylation is 1. The molecule has 8 heteroatoms. The molecule has 2 amide bonds. The summed E-state index contributed by atoms with van der Waals surface area (Å²) in [5, 5.41) is 9.10. The summed E-state index contributed by atoms with van der Waals surface area (Å²) in [6.07, 6.45) is 1.94. The van der Waals surface area contributed by atoms with Crippen molar-refractivity contribution in [2.24, 2.45) is 5.73 Å². The molecule has 4 rings (SSSR count). The lowest BCUT2D eigenvalue weighted by Gasteiger charge is -2.19. The van der Waals surface area contributed by atoms with Gasteiger partial charge in [-0.25, -0.2) is 4.98 Å². The van der Waals surface area contributed by atoms with Gasteiger partial charge in [0.25, 0.3) is 0 Å². The Labute approximate surface area is 180 Å². The smallest absolute Gasteiger partial charge is 0.237 e. The first-order valence-corrected chi connectivity index (χ1v) is 10.5. The van der Waals surface area contributed by atoms with Crippen LogP contribution in [-0.2, 0) is 16.0 Å². The number of carbonyl (C=O) groups excluding carboxylic acids is 2. The Balaban J connectivity index is 1.46. The van der Waals surface area contributed by atoms with Crippen LogP contribution in [0.4, 0.5) is 0 Å². The number of nitrogens with one attached hydrogen (secondary N) is 3. The maximum atomic E-state index is 13.0.